The molecule has 1 fully saturated rings. The van der Waals surface area contributed by atoms with Crippen molar-refractivity contribution < 1.29 is 19.1 Å². The van der Waals surface area contributed by atoms with E-state index in [9.17, 15) is 0 Å². The van der Waals surface area contributed by atoms with Crippen molar-refractivity contribution in [2.45, 2.75) is 6.10 Å². The monoisotopic (exact) mass is 395 g/mol. The van der Waals surface area contributed by atoms with Crippen LogP contribution in [-0.2, 0) is 14.3 Å². The van der Waals surface area contributed by atoms with E-state index in [1.54, 1.807) is 0 Å². The van der Waals surface area contributed by atoms with Crippen molar-refractivity contribution in [1.29, 1.82) is 0 Å². The molecule has 0 amide bonds. The number of hydrogen-bond acceptors (Lipinski definition) is 5. The highest BCUT2D eigenvalue weighted by Crippen LogP contribution is 2.32. The Bertz CT molecular complexity index is 721. The fourth-order valence-electron chi connectivity index (χ4n) is 2.71. The van der Waals surface area contributed by atoms with Crippen LogP contribution in [0.25, 0.3) is 0 Å². The van der Waals surface area contributed by atoms with Crippen molar-refractivity contribution in [3.63, 3.8) is 0 Å². The lowest BCUT2D eigenvalue weighted by Crippen LogP contribution is -2.29. The van der Waals surface area contributed by atoms with Crippen LogP contribution >= 0.6 is 23.2 Å². The van der Waals surface area contributed by atoms with Crippen LogP contribution in [0.5, 0.6) is 5.75 Å². The molecule has 5 nitrogen and oxygen atoms in total. The molecule has 2 aromatic rings. The van der Waals surface area contributed by atoms with Gasteiger partial charge in [-0.25, -0.2) is 0 Å². The Morgan fingerprint density at radius 1 is 1.12 bits per heavy atom. The van der Waals surface area contributed by atoms with Crippen LogP contribution in [-0.4, -0.2) is 32.5 Å². The van der Waals surface area contributed by atoms with E-state index >= 15 is 0 Å². The van der Waals surface area contributed by atoms with Gasteiger partial charge in [-0.3, -0.25) is 0 Å². The minimum Gasteiger partial charge on any atom is -0.493 e. The Morgan fingerprint density at radius 3 is 2.54 bits per heavy atom. The molecule has 0 radical (unpaired) electrons. The summed E-state index contributed by atoms with van der Waals surface area (Å²) in [5.41, 5.74) is 1.03. The Balaban J connectivity index is 0.000000758. The lowest BCUT2D eigenvalue weighted by Gasteiger charge is -2.25. The van der Waals surface area contributed by atoms with Gasteiger partial charge in [0.05, 0.1) is 29.4 Å². The van der Waals surface area contributed by atoms with E-state index in [1.165, 1.54) is 0 Å². The summed E-state index contributed by atoms with van der Waals surface area (Å²) < 4.78 is 12.0. The fraction of sp³-hybridized carbons (Fsp3) is 0.316. The smallest absolute Gasteiger partial charge is 0.373 e. The van der Waals surface area contributed by atoms with Crippen LogP contribution in [0, 0.1) is 5.92 Å². The normalized spacial score (nSPS) is 19.5. The van der Waals surface area contributed by atoms with Gasteiger partial charge in [0, 0.05) is 19.0 Å². The molecule has 1 aliphatic heterocycles. The summed E-state index contributed by atoms with van der Waals surface area (Å²) in [5, 5.41) is 4.50. The third-order valence-corrected chi connectivity index (χ3v) is 4.63. The van der Waals surface area contributed by atoms with Gasteiger partial charge in [0.15, 0.2) is 0 Å². The summed E-state index contributed by atoms with van der Waals surface area (Å²) in [6, 6.07) is 15.5. The summed E-state index contributed by atoms with van der Waals surface area (Å²) in [6.45, 7) is 2.89. The quantitative estimate of drug-likeness (QED) is 0.853. The molecule has 2 aromatic carbocycles. The molecule has 3 rings (SSSR count). The zero-order valence-corrected chi connectivity index (χ0v) is 15.5. The summed E-state index contributed by atoms with van der Waals surface area (Å²) in [5.74, 6) is 1.06. The molecule has 138 valence electrons. The number of ether oxygens (including phenoxy) is 2. The van der Waals surface area contributed by atoms with Crippen molar-refractivity contribution in [2.75, 3.05) is 26.3 Å². The highest BCUT2D eigenvalue weighted by Gasteiger charge is 2.27. The van der Waals surface area contributed by atoms with Crippen LogP contribution in [0.3, 0.4) is 0 Å². The van der Waals surface area contributed by atoms with Crippen molar-refractivity contribution >= 4 is 29.4 Å². The standard InChI is InChI=1S/C18H19Cl2NO2.CO2/c19-16-7-6-13(10-17(16)20)18-14(11-21-8-9-22-18)12-23-15-4-2-1-3-5-15;2-1-3/h1-7,10,14,18,21H,8-9,11-12H2;. The van der Waals surface area contributed by atoms with E-state index in [-0.39, 0.29) is 18.2 Å². The number of rotatable bonds is 4. The topological polar surface area (TPSA) is 64.6 Å². The first-order valence-corrected chi connectivity index (χ1v) is 8.85. The Kier molecular flexibility index (Phi) is 8.62. The first kappa shape index (κ1) is 20.4. The molecule has 7 heteroatoms. The van der Waals surface area contributed by atoms with E-state index in [1.807, 2.05) is 48.5 Å². The fourth-order valence-corrected chi connectivity index (χ4v) is 3.02. The molecule has 0 bridgehead atoms. The van der Waals surface area contributed by atoms with Crippen LogP contribution < -0.4 is 10.1 Å². The van der Waals surface area contributed by atoms with Gasteiger partial charge in [-0.2, -0.15) is 9.59 Å². The molecular weight excluding hydrogens is 377 g/mol. The van der Waals surface area contributed by atoms with Crippen molar-refractivity contribution in [1.82, 2.24) is 5.32 Å². The van der Waals surface area contributed by atoms with Crippen molar-refractivity contribution in [3.05, 3.63) is 64.1 Å². The van der Waals surface area contributed by atoms with Gasteiger partial charge in [0.2, 0.25) is 0 Å². The van der Waals surface area contributed by atoms with Crippen LogP contribution in [0.4, 0.5) is 0 Å². The Hall–Kier alpha value is -1.88. The molecule has 1 aliphatic rings. The minimum absolute atomic E-state index is 0.0662. The molecular formula is C19H19Cl2NO4. The zero-order chi connectivity index (χ0) is 18.8. The number of para-hydroxylation sites is 1. The summed E-state index contributed by atoms with van der Waals surface area (Å²) in [4.78, 5) is 16.2. The molecule has 1 N–H and O–H groups in total. The van der Waals surface area contributed by atoms with Crippen molar-refractivity contribution in [3.8, 4) is 5.75 Å². The van der Waals surface area contributed by atoms with E-state index < -0.39 is 0 Å². The van der Waals surface area contributed by atoms with Gasteiger partial charge in [-0.05, 0) is 29.8 Å². The second kappa shape index (κ2) is 11.0. The van der Waals surface area contributed by atoms with Crippen LogP contribution in [0.2, 0.25) is 10.0 Å². The lowest BCUT2D eigenvalue weighted by atomic mass is 9.96. The maximum absolute atomic E-state index is 8.12. The van der Waals surface area contributed by atoms with Crippen molar-refractivity contribution in [2.24, 2.45) is 5.92 Å². The Labute approximate surface area is 162 Å². The maximum Gasteiger partial charge on any atom is 0.373 e. The first-order valence-electron chi connectivity index (χ1n) is 8.10. The Morgan fingerprint density at radius 2 is 1.85 bits per heavy atom. The zero-order valence-electron chi connectivity index (χ0n) is 14.0. The molecule has 0 spiro atoms. The average Bonchev–Trinajstić information content (AvgIpc) is 2.89. The molecule has 26 heavy (non-hydrogen) atoms. The molecule has 1 saturated heterocycles. The van der Waals surface area contributed by atoms with Gasteiger partial charge < -0.3 is 14.8 Å². The maximum atomic E-state index is 8.12. The van der Waals surface area contributed by atoms with E-state index in [0.717, 1.165) is 24.4 Å². The number of carbonyl (C=O) groups excluding carboxylic acids is 2. The van der Waals surface area contributed by atoms with Gasteiger partial charge in [0.1, 0.15) is 5.75 Å². The molecule has 0 saturated carbocycles. The summed E-state index contributed by atoms with van der Waals surface area (Å²) in [6.07, 6.45) is 0.184. The number of halogens is 2. The first-order chi connectivity index (χ1) is 12.7. The molecule has 2 atom stereocenters. The highest BCUT2D eigenvalue weighted by molar-refractivity contribution is 6.42. The molecule has 0 aromatic heterocycles. The molecule has 0 aliphatic carbocycles. The van der Waals surface area contributed by atoms with Gasteiger partial charge in [-0.1, -0.05) is 47.5 Å². The van der Waals surface area contributed by atoms with Crippen LogP contribution in [0.1, 0.15) is 11.7 Å². The van der Waals surface area contributed by atoms with Gasteiger partial charge in [-0.15, -0.1) is 0 Å². The highest BCUT2D eigenvalue weighted by atomic mass is 35.5. The number of benzene rings is 2. The number of nitrogens with one attached hydrogen (secondary N) is 1. The largest absolute Gasteiger partial charge is 0.493 e. The van der Waals surface area contributed by atoms with E-state index in [4.69, 9.17) is 42.3 Å². The third kappa shape index (κ3) is 6.13. The molecule has 1 heterocycles. The SMILES string of the molecule is Clc1ccc(C2OCCNCC2COc2ccccc2)cc1Cl.O=C=O. The summed E-state index contributed by atoms with van der Waals surface area (Å²) in [7, 11) is 0. The minimum atomic E-state index is -0.0662. The second-order valence-electron chi connectivity index (χ2n) is 5.64. The lowest BCUT2D eigenvalue weighted by molar-refractivity contribution is -0.191. The second-order valence-corrected chi connectivity index (χ2v) is 6.45. The van der Waals surface area contributed by atoms with E-state index in [2.05, 4.69) is 5.32 Å². The van der Waals surface area contributed by atoms with E-state index in [0.29, 0.717) is 23.3 Å². The predicted molar refractivity (Wildman–Crippen MR) is 98.5 cm³/mol. The predicted octanol–water partition coefficient (Wildman–Crippen LogP) is 3.77. The van der Waals surface area contributed by atoms with Gasteiger partial charge in [0.25, 0.3) is 0 Å². The molecule has 2 unspecified atom stereocenters. The summed E-state index contributed by atoms with van der Waals surface area (Å²) >= 11 is 12.2. The third-order valence-electron chi connectivity index (χ3n) is 3.89. The van der Waals surface area contributed by atoms with Crippen LogP contribution in [0.15, 0.2) is 48.5 Å². The number of hydrogen-bond donors (Lipinski definition) is 1. The van der Waals surface area contributed by atoms with Gasteiger partial charge >= 0.3 is 6.15 Å². The average molecular weight is 396 g/mol.